The molecule has 0 heterocycles. The summed E-state index contributed by atoms with van der Waals surface area (Å²) in [6, 6.07) is 0. The molecule has 2 fully saturated rings. The molecule has 0 aromatic carbocycles. The van der Waals surface area contributed by atoms with Crippen LogP contribution in [0.2, 0.25) is 0 Å². The normalized spacial score (nSPS) is 20.6. The Morgan fingerprint density at radius 2 is 1.47 bits per heavy atom. The predicted molar refractivity (Wildman–Crippen MR) is 66.5 cm³/mol. The van der Waals surface area contributed by atoms with Crippen molar-refractivity contribution < 1.29 is 22.2 Å². The van der Waals surface area contributed by atoms with Crippen LogP contribution < -0.4 is 5.11 Å². The molecular weight excluding hydrogens is 274 g/mol. The fourth-order valence-electron chi connectivity index (χ4n) is 1.08. The Labute approximate surface area is 122 Å². The van der Waals surface area contributed by atoms with Gasteiger partial charge in [0.1, 0.15) is 0 Å². The van der Waals surface area contributed by atoms with Crippen LogP contribution in [-0.4, -0.2) is 18.2 Å². The van der Waals surface area contributed by atoms with Crippen molar-refractivity contribution in [2.75, 3.05) is 12.3 Å². The van der Waals surface area contributed by atoms with Crippen molar-refractivity contribution in [2.24, 2.45) is 4.99 Å². The van der Waals surface area contributed by atoms with Gasteiger partial charge in [0.15, 0.2) is 0 Å². The standard InChI is InChI=1S/C8H10NOS.C5H5.Fe/c10-8(9-5-6-11)7-3-1-2-4-7;1-2-4-5-3-1;/h1-4,11H,5-6H2,(H,9,10);1-5H;/q;;+2/p-2. The smallest absolute Gasteiger partial charge is 0.862 e. The Balaban J connectivity index is 0.000000360. The first-order valence-electron chi connectivity index (χ1n) is 5.03. The molecule has 0 amide bonds. The van der Waals surface area contributed by atoms with Crippen LogP contribution in [0.15, 0.2) is 4.99 Å². The van der Waals surface area contributed by atoms with Gasteiger partial charge in [0.05, 0.1) is 0 Å². The first-order valence-corrected chi connectivity index (χ1v) is 5.60. The van der Waals surface area contributed by atoms with Gasteiger partial charge in [0.2, 0.25) is 0 Å². The molecule has 2 aliphatic rings. The van der Waals surface area contributed by atoms with Gasteiger partial charge in [-0.3, -0.25) is 0 Å². The van der Waals surface area contributed by atoms with E-state index in [0.29, 0.717) is 18.2 Å². The monoisotopic (exact) mass is 287 g/mol. The Morgan fingerprint density at radius 1 is 1.00 bits per heavy atom. The number of nitrogens with zero attached hydrogens (tertiary/aromatic N) is 1. The molecule has 0 aliphatic heterocycles. The Hall–Kier alpha value is 0.339. The minimum absolute atomic E-state index is 0. The average molecular weight is 287 g/mol. The summed E-state index contributed by atoms with van der Waals surface area (Å²) in [5.41, 5.74) is 0. The van der Waals surface area contributed by atoms with E-state index in [2.05, 4.69) is 17.6 Å². The summed E-state index contributed by atoms with van der Waals surface area (Å²) in [6.07, 6.45) is 17.1. The van der Waals surface area contributed by atoms with Gasteiger partial charge >= 0.3 is 17.1 Å². The second-order valence-corrected chi connectivity index (χ2v) is 3.44. The zero-order chi connectivity index (χ0) is 11.6. The van der Waals surface area contributed by atoms with Crippen molar-refractivity contribution in [2.45, 2.75) is 0 Å². The van der Waals surface area contributed by atoms with Gasteiger partial charge in [-0.1, -0.05) is 0 Å². The maximum atomic E-state index is 11.1. The van der Waals surface area contributed by atoms with E-state index in [0.717, 1.165) is 0 Å². The van der Waals surface area contributed by atoms with E-state index in [9.17, 15) is 5.11 Å². The van der Waals surface area contributed by atoms with Crippen LogP contribution in [0, 0.1) is 63.7 Å². The second-order valence-electron chi connectivity index (χ2n) is 3.03. The zero-order valence-electron chi connectivity index (χ0n) is 9.23. The third-order valence-corrected chi connectivity index (χ3v) is 1.99. The molecule has 17 heavy (non-hydrogen) atoms. The minimum Gasteiger partial charge on any atom is -0.862 e. The summed E-state index contributed by atoms with van der Waals surface area (Å²) in [5.74, 6) is 0.986. The first kappa shape index (κ1) is 17.3. The molecule has 0 unspecified atom stereocenters. The molecule has 10 radical (unpaired) electrons. The number of hydrogen-bond acceptors (Lipinski definition) is 3. The third-order valence-electron chi connectivity index (χ3n) is 1.81. The molecule has 2 nitrogen and oxygen atoms in total. The van der Waals surface area contributed by atoms with Crippen molar-refractivity contribution in [3.05, 3.63) is 63.7 Å². The van der Waals surface area contributed by atoms with Crippen LogP contribution in [-0.2, 0) is 29.7 Å². The van der Waals surface area contributed by atoms with E-state index in [1.54, 1.807) is 12.8 Å². The van der Waals surface area contributed by atoms with E-state index < -0.39 is 0 Å². The molecule has 0 saturated heterocycles. The number of aliphatic imine (C=N–C) groups is 1. The second kappa shape index (κ2) is 11.4. The van der Waals surface area contributed by atoms with Gasteiger partial charge in [-0.2, -0.15) is 5.75 Å². The van der Waals surface area contributed by atoms with Gasteiger partial charge in [-0.15, -0.1) is 0 Å². The summed E-state index contributed by atoms with van der Waals surface area (Å²) in [5, 5.41) is 11.1. The van der Waals surface area contributed by atoms with Crippen molar-refractivity contribution in [3.8, 4) is 0 Å². The summed E-state index contributed by atoms with van der Waals surface area (Å²) < 4.78 is 0. The molecule has 0 aromatic rings. The van der Waals surface area contributed by atoms with Crippen LogP contribution in [0.3, 0.4) is 0 Å². The summed E-state index contributed by atoms with van der Waals surface area (Å²) in [4.78, 5) is 3.74. The van der Waals surface area contributed by atoms with Gasteiger partial charge < -0.3 is 22.7 Å². The SMILES string of the molecule is [CH]1[CH][CH][CH][CH]1.[Fe+2].[O-]C(=NCC[S-])[C]1[CH][CH][CH][CH]1. The average Bonchev–Trinajstić information content (AvgIpc) is 2.98. The number of rotatable bonds is 3. The largest absolute Gasteiger partial charge is 2.00 e. The molecule has 90 valence electrons. The van der Waals surface area contributed by atoms with Crippen molar-refractivity contribution in [1.29, 1.82) is 0 Å². The van der Waals surface area contributed by atoms with Crippen LogP contribution in [0.4, 0.5) is 0 Å². The van der Waals surface area contributed by atoms with E-state index in [1.165, 1.54) is 0 Å². The van der Waals surface area contributed by atoms with Crippen molar-refractivity contribution >= 4 is 18.5 Å². The predicted octanol–water partition coefficient (Wildman–Crippen LogP) is 0.716. The van der Waals surface area contributed by atoms with Crippen LogP contribution >= 0.6 is 0 Å². The fourth-order valence-corrected chi connectivity index (χ4v) is 1.17. The van der Waals surface area contributed by atoms with E-state index in [-0.39, 0.29) is 23.0 Å². The van der Waals surface area contributed by atoms with E-state index >= 15 is 0 Å². The maximum absolute atomic E-state index is 11.1. The van der Waals surface area contributed by atoms with Gasteiger partial charge in [-0.25, -0.2) is 0 Å². The minimum atomic E-state index is -0.167. The molecule has 0 aromatic heterocycles. The third kappa shape index (κ3) is 8.12. The van der Waals surface area contributed by atoms with Crippen LogP contribution in [0.25, 0.3) is 0 Å². The first-order chi connectivity index (χ1) is 7.84. The topological polar surface area (TPSA) is 35.4 Å². The molecule has 0 bridgehead atoms. The van der Waals surface area contributed by atoms with Gasteiger partial charge in [0.25, 0.3) is 0 Å². The van der Waals surface area contributed by atoms with Crippen molar-refractivity contribution in [1.82, 2.24) is 0 Å². The van der Waals surface area contributed by atoms with Crippen LogP contribution in [0.1, 0.15) is 0 Å². The molecule has 0 atom stereocenters. The maximum Gasteiger partial charge on any atom is 2.00 e. The summed E-state index contributed by atoms with van der Waals surface area (Å²) >= 11 is 4.65. The molecule has 0 N–H and O–H groups in total. The summed E-state index contributed by atoms with van der Waals surface area (Å²) in [7, 11) is 0. The Bertz CT molecular complexity index is 194. The molecule has 2 rings (SSSR count). The quantitative estimate of drug-likeness (QED) is 0.332. The summed E-state index contributed by atoms with van der Waals surface area (Å²) in [6.45, 7) is 0.444. The van der Waals surface area contributed by atoms with Crippen LogP contribution in [0.5, 0.6) is 0 Å². The van der Waals surface area contributed by atoms with Gasteiger partial charge in [-0.05, 0) is 63.7 Å². The fraction of sp³-hybridized carbons (Fsp3) is 0.154. The van der Waals surface area contributed by atoms with E-state index in [4.69, 9.17) is 0 Å². The molecule has 2 aliphatic carbocycles. The molecule has 4 heteroatoms. The van der Waals surface area contributed by atoms with E-state index in [1.807, 2.05) is 44.9 Å². The van der Waals surface area contributed by atoms with Crippen molar-refractivity contribution in [3.63, 3.8) is 0 Å². The van der Waals surface area contributed by atoms with Gasteiger partial charge in [0, 0.05) is 12.5 Å². The molecule has 2 saturated carbocycles. The Kier molecular flexibility index (Phi) is 11.7. The molecule has 0 spiro atoms. The number of hydrogen-bond donors (Lipinski definition) is 0. The zero-order valence-corrected chi connectivity index (χ0v) is 11.1. The Morgan fingerprint density at radius 3 is 1.88 bits per heavy atom. The molecular formula is C13H13FeNOS.